The summed E-state index contributed by atoms with van der Waals surface area (Å²) in [6.07, 6.45) is 0. The molecule has 4 atom stereocenters. The summed E-state index contributed by atoms with van der Waals surface area (Å²) in [5.74, 6) is -2.62. The lowest BCUT2D eigenvalue weighted by Gasteiger charge is -2.39. The molecule has 2 aliphatic carbocycles. The van der Waals surface area contributed by atoms with Gasteiger partial charge in [-0.25, -0.2) is 4.90 Å². The van der Waals surface area contributed by atoms with Gasteiger partial charge in [0.15, 0.2) is 5.78 Å². The Kier molecular flexibility index (Phi) is 5.95. The fourth-order valence-corrected chi connectivity index (χ4v) is 8.63. The number of amides is 2. The van der Waals surface area contributed by atoms with Gasteiger partial charge in [-0.2, -0.15) is 0 Å². The van der Waals surface area contributed by atoms with Crippen LogP contribution in [0.15, 0.2) is 140 Å². The Labute approximate surface area is 262 Å². The highest BCUT2D eigenvalue weighted by molar-refractivity contribution is 6.39. The van der Waals surface area contributed by atoms with Crippen molar-refractivity contribution in [3.8, 4) is 0 Å². The molecule has 1 saturated carbocycles. The largest absolute Gasteiger partial charge is 0.297 e. The Morgan fingerprint density at radius 1 is 0.511 bits per heavy atom. The molecular formula is C41H31NO3. The van der Waals surface area contributed by atoms with Gasteiger partial charge in [0.05, 0.1) is 28.4 Å². The highest BCUT2D eigenvalue weighted by Gasteiger charge is 2.82. The maximum atomic E-state index is 15.9. The van der Waals surface area contributed by atoms with Crippen LogP contribution in [-0.4, -0.2) is 17.6 Å². The number of ketones is 1. The number of hydrogen-bond acceptors (Lipinski definition) is 3. The van der Waals surface area contributed by atoms with Crippen molar-refractivity contribution in [1.29, 1.82) is 0 Å². The van der Waals surface area contributed by atoms with Crippen molar-refractivity contribution in [2.45, 2.75) is 24.7 Å². The van der Waals surface area contributed by atoms with E-state index in [0.29, 0.717) is 5.69 Å². The zero-order valence-electron chi connectivity index (χ0n) is 25.1. The molecule has 3 aliphatic rings. The molecule has 0 aromatic heterocycles. The molecule has 1 saturated heterocycles. The molecule has 2 amide bonds. The van der Waals surface area contributed by atoms with Gasteiger partial charge in [0.25, 0.3) is 0 Å². The average Bonchev–Trinajstić information content (AvgIpc) is 3.58. The third-order valence-electron chi connectivity index (χ3n) is 10.2. The van der Waals surface area contributed by atoms with Crippen LogP contribution in [0.2, 0.25) is 0 Å². The molecule has 5 aromatic carbocycles. The first kappa shape index (κ1) is 27.2. The van der Waals surface area contributed by atoms with E-state index in [4.69, 9.17) is 0 Å². The summed E-state index contributed by atoms with van der Waals surface area (Å²) in [6, 6.07) is 45.0. The highest BCUT2D eigenvalue weighted by atomic mass is 16.2. The number of Topliss-reactive ketones (excluding diaryl/α,β-unsaturated/α-hetero) is 1. The molecule has 2 bridgehead atoms. The van der Waals surface area contributed by atoms with E-state index in [-0.39, 0.29) is 17.6 Å². The van der Waals surface area contributed by atoms with Crippen LogP contribution in [0, 0.1) is 25.7 Å². The molecule has 0 radical (unpaired) electrons. The molecule has 4 heteroatoms. The molecule has 5 aromatic rings. The third kappa shape index (κ3) is 3.40. The number of fused-ring (bicyclic) bond motifs is 5. The Hall–Kier alpha value is -5.35. The lowest BCUT2D eigenvalue weighted by atomic mass is 9.59. The topological polar surface area (TPSA) is 54.5 Å². The summed E-state index contributed by atoms with van der Waals surface area (Å²) in [5.41, 5.74) is 4.49. The van der Waals surface area contributed by atoms with Crippen LogP contribution in [0.1, 0.15) is 33.4 Å². The first-order valence-corrected chi connectivity index (χ1v) is 15.4. The van der Waals surface area contributed by atoms with Crippen molar-refractivity contribution in [3.63, 3.8) is 0 Å². The highest BCUT2D eigenvalue weighted by Crippen LogP contribution is 2.74. The predicted molar refractivity (Wildman–Crippen MR) is 176 cm³/mol. The number of benzene rings is 5. The minimum Gasteiger partial charge on any atom is -0.297 e. The Balaban J connectivity index is 1.55. The summed E-state index contributed by atoms with van der Waals surface area (Å²) in [6.45, 7) is 3.93. The van der Waals surface area contributed by atoms with E-state index < -0.39 is 22.7 Å². The van der Waals surface area contributed by atoms with E-state index in [1.165, 1.54) is 4.90 Å². The van der Waals surface area contributed by atoms with Crippen molar-refractivity contribution in [1.82, 2.24) is 0 Å². The van der Waals surface area contributed by atoms with Gasteiger partial charge in [0.2, 0.25) is 11.8 Å². The van der Waals surface area contributed by atoms with Crippen molar-refractivity contribution in [2.24, 2.45) is 11.8 Å². The van der Waals surface area contributed by atoms with E-state index in [0.717, 1.165) is 44.5 Å². The standard InChI is InChI=1S/C41H31NO3/c1-26-23-24-32(27(2)25-26)42-37(43)35-36(38(42)44)41(31-21-13-6-14-22-31)34(29-17-9-4-10-18-29)33(28-15-7-3-8-16-28)40(35,39(41)45)30-19-11-5-12-20-30/h3-25,35-36H,1-2H3/t35?,36?,40-,41+. The van der Waals surface area contributed by atoms with E-state index in [9.17, 15) is 0 Å². The van der Waals surface area contributed by atoms with Crippen LogP contribution >= 0.6 is 0 Å². The molecule has 45 heavy (non-hydrogen) atoms. The molecule has 1 heterocycles. The van der Waals surface area contributed by atoms with Gasteiger partial charge in [-0.05, 0) is 58.9 Å². The maximum Gasteiger partial charge on any atom is 0.239 e. The molecule has 2 unspecified atom stereocenters. The van der Waals surface area contributed by atoms with Gasteiger partial charge < -0.3 is 0 Å². The monoisotopic (exact) mass is 585 g/mol. The number of rotatable bonds is 5. The van der Waals surface area contributed by atoms with Gasteiger partial charge >= 0.3 is 0 Å². The van der Waals surface area contributed by atoms with Crippen LogP contribution in [-0.2, 0) is 25.2 Å². The average molecular weight is 586 g/mol. The number of carbonyl (C=O) groups is 3. The number of carbonyl (C=O) groups excluding carboxylic acids is 3. The molecule has 0 spiro atoms. The zero-order chi connectivity index (χ0) is 30.9. The summed E-state index contributed by atoms with van der Waals surface area (Å²) in [7, 11) is 0. The van der Waals surface area contributed by atoms with E-state index in [2.05, 4.69) is 0 Å². The number of anilines is 1. The van der Waals surface area contributed by atoms with Crippen molar-refractivity contribution in [2.75, 3.05) is 4.90 Å². The Morgan fingerprint density at radius 3 is 1.31 bits per heavy atom. The zero-order valence-corrected chi connectivity index (χ0v) is 25.1. The smallest absolute Gasteiger partial charge is 0.239 e. The summed E-state index contributed by atoms with van der Waals surface area (Å²) >= 11 is 0. The Bertz CT molecular complexity index is 1910. The van der Waals surface area contributed by atoms with Crippen LogP contribution in [0.3, 0.4) is 0 Å². The maximum absolute atomic E-state index is 15.9. The summed E-state index contributed by atoms with van der Waals surface area (Å²) in [4.78, 5) is 47.4. The summed E-state index contributed by atoms with van der Waals surface area (Å²) < 4.78 is 0. The molecule has 218 valence electrons. The van der Waals surface area contributed by atoms with E-state index in [1.54, 1.807) is 0 Å². The number of hydrogen-bond donors (Lipinski definition) is 0. The van der Waals surface area contributed by atoms with Crippen LogP contribution in [0.25, 0.3) is 11.1 Å². The number of aryl methyl sites for hydroxylation is 2. The second kappa shape index (κ2) is 9.83. The van der Waals surface area contributed by atoms with Gasteiger partial charge in [0, 0.05) is 0 Å². The first-order valence-electron chi connectivity index (χ1n) is 15.4. The van der Waals surface area contributed by atoms with Gasteiger partial charge in [-0.3, -0.25) is 14.4 Å². The second-order valence-electron chi connectivity index (χ2n) is 12.4. The lowest BCUT2D eigenvalue weighted by Crippen LogP contribution is -2.45. The first-order chi connectivity index (χ1) is 21.9. The fourth-order valence-electron chi connectivity index (χ4n) is 8.63. The van der Waals surface area contributed by atoms with Gasteiger partial charge in [-0.1, -0.05) is 139 Å². The van der Waals surface area contributed by atoms with Crippen LogP contribution in [0.4, 0.5) is 5.69 Å². The van der Waals surface area contributed by atoms with Crippen LogP contribution < -0.4 is 4.90 Å². The van der Waals surface area contributed by atoms with Crippen molar-refractivity contribution < 1.29 is 14.4 Å². The van der Waals surface area contributed by atoms with Crippen LogP contribution in [0.5, 0.6) is 0 Å². The molecular weight excluding hydrogens is 554 g/mol. The second-order valence-corrected chi connectivity index (χ2v) is 12.4. The number of nitrogens with zero attached hydrogens (tertiary/aromatic N) is 1. The van der Waals surface area contributed by atoms with E-state index in [1.807, 2.05) is 153 Å². The van der Waals surface area contributed by atoms with Gasteiger partial charge in [-0.15, -0.1) is 0 Å². The normalized spacial score (nSPS) is 25.3. The molecule has 4 nitrogen and oxygen atoms in total. The fraction of sp³-hybridized carbons (Fsp3) is 0.146. The van der Waals surface area contributed by atoms with Crippen molar-refractivity contribution in [3.05, 3.63) is 173 Å². The molecule has 1 aliphatic heterocycles. The molecule has 0 N–H and O–H groups in total. The molecule has 2 fully saturated rings. The summed E-state index contributed by atoms with van der Waals surface area (Å²) in [5, 5.41) is 0. The lowest BCUT2D eigenvalue weighted by molar-refractivity contribution is -0.130. The number of imide groups is 1. The predicted octanol–water partition coefficient (Wildman–Crippen LogP) is 7.49. The minimum atomic E-state index is -1.39. The molecule has 8 rings (SSSR count). The minimum absolute atomic E-state index is 0.109. The van der Waals surface area contributed by atoms with Gasteiger partial charge in [0.1, 0.15) is 0 Å². The SMILES string of the molecule is Cc1ccc(N2C(=O)C3C(C2=O)[C@]2(c4ccccc4)C(=O)[C@@]3(c3ccccc3)C(c3ccccc3)=C2c2ccccc2)c(C)c1. The van der Waals surface area contributed by atoms with Crippen molar-refractivity contribution >= 4 is 34.4 Å². The van der Waals surface area contributed by atoms with E-state index >= 15 is 14.4 Å². The number of allylic oxidation sites excluding steroid dienone is 2. The third-order valence-corrected chi connectivity index (χ3v) is 10.2. The Morgan fingerprint density at radius 2 is 0.911 bits per heavy atom. The quantitative estimate of drug-likeness (QED) is 0.201.